The highest BCUT2D eigenvalue weighted by Crippen LogP contribution is 2.37. The van der Waals surface area contributed by atoms with E-state index in [9.17, 15) is 14.4 Å². The lowest BCUT2D eigenvalue weighted by molar-refractivity contribution is -0.141. The third kappa shape index (κ3) is 7.21. The van der Waals surface area contributed by atoms with E-state index in [0.717, 1.165) is 55.2 Å². The lowest BCUT2D eigenvalue weighted by Gasteiger charge is -2.25. The second-order valence-electron chi connectivity index (χ2n) is 10.3. The quantitative estimate of drug-likeness (QED) is 0.396. The van der Waals surface area contributed by atoms with Gasteiger partial charge in [-0.1, -0.05) is 68.7 Å². The van der Waals surface area contributed by atoms with Crippen LogP contribution >= 0.6 is 0 Å². The summed E-state index contributed by atoms with van der Waals surface area (Å²) in [5.41, 5.74) is 2.74. The molecule has 1 aliphatic heterocycles. The Balaban J connectivity index is 1.39. The number of carbonyl (C=O) groups excluding carboxylic acids is 2. The van der Waals surface area contributed by atoms with Gasteiger partial charge in [-0.15, -0.1) is 5.10 Å². The molecule has 2 aromatic carbocycles. The second-order valence-corrected chi connectivity index (χ2v) is 10.3. The lowest BCUT2D eigenvalue weighted by atomic mass is 9.83. The van der Waals surface area contributed by atoms with Crippen LogP contribution in [0.2, 0.25) is 0 Å². The Bertz CT molecular complexity index is 1130. The van der Waals surface area contributed by atoms with Crippen LogP contribution < -0.4 is 5.32 Å². The van der Waals surface area contributed by atoms with E-state index in [1.54, 1.807) is 6.92 Å². The van der Waals surface area contributed by atoms with Crippen molar-refractivity contribution in [2.45, 2.75) is 64.3 Å². The smallest absolute Gasteiger partial charge is 0.306 e. The van der Waals surface area contributed by atoms with Crippen LogP contribution in [0, 0.1) is 11.8 Å². The van der Waals surface area contributed by atoms with Gasteiger partial charge in [-0.05, 0) is 54.9 Å². The van der Waals surface area contributed by atoms with Gasteiger partial charge in [0.25, 0.3) is 5.91 Å². The van der Waals surface area contributed by atoms with Crippen molar-refractivity contribution in [3.63, 3.8) is 0 Å². The van der Waals surface area contributed by atoms with Gasteiger partial charge in [0.2, 0.25) is 11.8 Å². The SMILES string of the molecule is CC(CCCCNC(=O)C(c1ccc(CN2N=C(c3ccccc3)OCC2=O)cc1)C1CCCC1)C(=O)O. The van der Waals surface area contributed by atoms with Crippen molar-refractivity contribution in [2.75, 3.05) is 13.2 Å². The summed E-state index contributed by atoms with van der Waals surface area (Å²) >= 11 is 0. The number of hydrogen-bond donors (Lipinski definition) is 2. The Kier molecular flexibility index (Phi) is 9.51. The molecule has 8 heteroatoms. The predicted molar refractivity (Wildman–Crippen MR) is 144 cm³/mol. The molecule has 4 rings (SSSR count). The van der Waals surface area contributed by atoms with Gasteiger partial charge in [0.05, 0.1) is 18.4 Å². The van der Waals surface area contributed by atoms with Gasteiger partial charge in [-0.3, -0.25) is 14.4 Å². The van der Waals surface area contributed by atoms with Crippen molar-refractivity contribution >= 4 is 23.7 Å². The third-order valence-corrected chi connectivity index (χ3v) is 7.46. The van der Waals surface area contributed by atoms with Crippen LogP contribution in [0.25, 0.3) is 0 Å². The molecule has 2 aromatic rings. The van der Waals surface area contributed by atoms with Crippen molar-refractivity contribution in [3.8, 4) is 0 Å². The van der Waals surface area contributed by atoms with Gasteiger partial charge in [0, 0.05) is 12.1 Å². The first kappa shape index (κ1) is 27.4. The number of aliphatic carboxylic acids is 1. The van der Waals surface area contributed by atoms with Crippen LogP contribution in [0.5, 0.6) is 0 Å². The molecule has 1 fully saturated rings. The summed E-state index contributed by atoms with van der Waals surface area (Å²) in [7, 11) is 0. The molecule has 0 spiro atoms. The number of rotatable bonds is 12. The van der Waals surface area contributed by atoms with Crippen LogP contribution in [-0.4, -0.2) is 46.9 Å². The van der Waals surface area contributed by atoms with Gasteiger partial charge >= 0.3 is 5.97 Å². The topological polar surface area (TPSA) is 108 Å². The summed E-state index contributed by atoms with van der Waals surface area (Å²) in [6, 6.07) is 17.4. The number of carbonyl (C=O) groups is 3. The second kappa shape index (κ2) is 13.2. The molecular formula is C30H37N3O5. The average Bonchev–Trinajstić information content (AvgIpc) is 3.45. The summed E-state index contributed by atoms with van der Waals surface area (Å²) in [6.45, 7) is 2.54. The maximum absolute atomic E-state index is 13.3. The number of carboxylic acid groups (broad SMARTS) is 1. The minimum Gasteiger partial charge on any atom is -0.481 e. The number of unbranched alkanes of at least 4 members (excludes halogenated alkanes) is 1. The number of hydrazone groups is 1. The standard InChI is InChI=1S/C30H37N3O5/c1-21(30(36)37)9-7-8-18-31-28(35)27(23-10-5-6-11-23)24-16-14-22(15-17-24)19-33-26(34)20-38-29(32-33)25-12-3-2-4-13-25/h2-4,12-17,21,23,27H,5-11,18-20H2,1H3,(H,31,35)(H,36,37). The largest absolute Gasteiger partial charge is 0.481 e. The van der Waals surface area contributed by atoms with Crippen LogP contribution in [0.1, 0.15) is 74.5 Å². The molecule has 1 heterocycles. The Morgan fingerprint density at radius 2 is 1.79 bits per heavy atom. The van der Waals surface area contributed by atoms with Crippen LogP contribution in [0.4, 0.5) is 0 Å². The van der Waals surface area contributed by atoms with Gasteiger partial charge in [-0.25, -0.2) is 5.01 Å². The number of amides is 2. The van der Waals surface area contributed by atoms with E-state index in [1.807, 2.05) is 54.6 Å². The Labute approximate surface area is 224 Å². The van der Waals surface area contributed by atoms with Gasteiger partial charge in [-0.2, -0.15) is 0 Å². The molecule has 1 saturated carbocycles. The summed E-state index contributed by atoms with van der Waals surface area (Å²) in [4.78, 5) is 36.7. The molecule has 0 aromatic heterocycles. The molecule has 38 heavy (non-hydrogen) atoms. The van der Waals surface area contributed by atoms with E-state index in [-0.39, 0.29) is 30.3 Å². The molecule has 0 radical (unpaired) electrons. The third-order valence-electron chi connectivity index (χ3n) is 7.46. The molecule has 1 aliphatic carbocycles. The van der Waals surface area contributed by atoms with Gasteiger partial charge in [0.15, 0.2) is 6.61 Å². The summed E-state index contributed by atoms with van der Waals surface area (Å²) in [6.07, 6.45) is 6.50. The number of hydrogen-bond acceptors (Lipinski definition) is 5. The molecule has 2 N–H and O–H groups in total. The van der Waals surface area contributed by atoms with Crippen LogP contribution in [0.3, 0.4) is 0 Å². The predicted octanol–water partition coefficient (Wildman–Crippen LogP) is 4.69. The van der Waals surface area contributed by atoms with E-state index >= 15 is 0 Å². The maximum atomic E-state index is 13.3. The van der Waals surface area contributed by atoms with E-state index < -0.39 is 5.97 Å². The molecule has 2 atom stereocenters. The maximum Gasteiger partial charge on any atom is 0.306 e. The summed E-state index contributed by atoms with van der Waals surface area (Å²) < 4.78 is 5.54. The van der Waals surface area contributed by atoms with E-state index in [0.29, 0.717) is 31.3 Å². The normalized spacial score (nSPS) is 17.4. The Morgan fingerprint density at radius 3 is 2.47 bits per heavy atom. The van der Waals surface area contributed by atoms with Crippen molar-refractivity contribution in [2.24, 2.45) is 16.9 Å². The molecule has 2 amide bonds. The monoisotopic (exact) mass is 519 g/mol. The highest BCUT2D eigenvalue weighted by Gasteiger charge is 2.32. The Hall–Kier alpha value is -3.68. The zero-order valence-electron chi connectivity index (χ0n) is 22.0. The number of carboxylic acids is 1. The molecule has 0 bridgehead atoms. The molecule has 0 saturated heterocycles. The fraction of sp³-hybridized carbons (Fsp3) is 0.467. The fourth-order valence-electron chi connectivity index (χ4n) is 5.20. The molecule has 2 aliphatic rings. The summed E-state index contributed by atoms with van der Waals surface area (Å²) in [5, 5.41) is 18.0. The highest BCUT2D eigenvalue weighted by molar-refractivity contribution is 5.97. The van der Waals surface area contributed by atoms with Crippen LogP contribution in [0.15, 0.2) is 59.7 Å². The number of ether oxygens (including phenoxy) is 1. The first-order valence-electron chi connectivity index (χ1n) is 13.6. The first-order chi connectivity index (χ1) is 18.4. The molecular weight excluding hydrogens is 482 g/mol. The minimum absolute atomic E-state index is 0.0383. The average molecular weight is 520 g/mol. The fourth-order valence-corrected chi connectivity index (χ4v) is 5.20. The van der Waals surface area contributed by atoms with E-state index in [4.69, 9.17) is 9.84 Å². The molecule has 2 unspecified atom stereocenters. The lowest BCUT2D eigenvalue weighted by Crippen LogP contribution is -2.36. The Morgan fingerprint density at radius 1 is 1.08 bits per heavy atom. The van der Waals surface area contributed by atoms with Gasteiger partial charge < -0.3 is 15.2 Å². The molecule has 202 valence electrons. The number of nitrogens with one attached hydrogen (secondary N) is 1. The molecule has 8 nitrogen and oxygen atoms in total. The van der Waals surface area contributed by atoms with Crippen molar-refractivity contribution in [1.29, 1.82) is 0 Å². The first-order valence-corrected chi connectivity index (χ1v) is 13.6. The van der Waals surface area contributed by atoms with Crippen molar-refractivity contribution in [3.05, 3.63) is 71.3 Å². The highest BCUT2D eigenvalue weighted by atomic mass is 16.5. The van der Waals surface area contributed by atoms with Gasteiger partial charge in [0.1, 0.15) is 0 Å². The van der Waals surface area contributed by atoms with E-state index in [2.05, 4.69) is 10.4 Å². The zero-order valence-corrected chi connectivity index (χ0v) is 22.0. The zero-order chi connectivity index (χ0) is 26.9. The van der Waals surface area contributed by atoms with Crippen LogP contribution in [-0.2, 0) is 25.7 Å². The number of benzene rings is 2. The minimum atomic E-state index is -0.778. The van der Waals surface area contributed by atoms with Crippen molar-refractivity contribution in [1.82, 2.24) is 10.3 Å². The van der Waals surface area contributed by atoms with Crippen molar-refractivity contribution < 1.29 is 24.2 Å². The van der Waals surface area contributed by atoms with E-state index in [1.165, 1.54) is 5.01 Å². The number of nitrogens with zero attached hydrogens (tertiary/aromatic N) is 2. The summed E-state index contributed by atoms with van der Waals surface area (Å²) in [5.74, 6) is -0.772.